The summed E-state index contributed by atoms with van der Waals surface area (Å²) in [5, 5.41) is 2.16. The SMILES string of the molecule is c1ccc(-c2cc(-c3ccc(-c4cc(-c5cccc(-c6cc(-c7ccccc7)nc(-c7ccccc7)n6)c5)cc5oc6ccccc6c45)cc3)nc(-c3ccccc3)n2)cc1. The average molecular weight is 781 g/mol. The molecule has 8 aromatic carbocycles. The van der Waals surface area contributed by atoms with Gasteiger partial charge in [-0.2, -0.15) is 0 Å². The van der Waals surface area contributed by atoms with Crippen LogP contribution >= 0.6 is 0 Å². The van der Waals surface area contributed by atoms with Crippen molar-refractivity contribution in [3.05, 3.63) is 218 Å². The van der Waals surface area contributed by atoms with E-state index in [0.29, 0.717) is 11.6 Å². The van der Waals surface area contributed by atoms with Crippen molar-refractivity contribution in [1.29, 1.82) is 0 Å². The lowest BCUT2D eigenvalue weighted by Gasteiger charge is -2.12. The Balaban J connectivity index is 1.02. The summed E-state index contributed by atoms with van der Waals surface area (Å²) in [6.07, 6.45) is 0. The summed E-state index contributed by atoms with van der Waals surface area (Å²) in [4.78, 5) is 20.2. The molecule has 0 saturated heterocycles. The second-order valence-corrected chi connectivity index (χ2v) is 15.0. The molecule has 0 spiro atoms. The standard InChI is InChI=1S/C56H36N4O/c1-5-16-38(17-6-1)48-35-50(59-55(57-48)41-20-9-3-10-21-41)40-30-28-37(29-31-40)47-33-45(34-53-54(47)46-26-13-14-27-52(46)61-53)43-24-15-25-44(32-43)51-36-49(39-18-7-2-8-19-39)58-56(60-51)42-22-11-4-12-23-42/h1-36H. The predicted octanol–water partition coefficient (Wildman–Crippen LogP) is 14.5. The lowest BCUT2D eigenvalue weighted by molar-refractivity contribution is 0.669. The van der Waals surface area contributed by atoms with Crippen molar-refractivity contribution >= 4 is 21.9 Å². The third-order valence-electron chi connectivity index (χ3n) is 11.1. The molecule has 0 amide bonds. The smallest absolute Gasteiger partial charge is 0.160 e. The Bertz CT molecular complexity index is 3210. The zero-order valence-electron chi connectivity index (χ0n) is 33.0. The molecule has 0 fully saturated rings. The van der Waals surface area contributed by atoms with Crippen LogP contribution in [-0.2, 0) is 0 Å². The van der Waals surface area contributed by atoms with Crippen LogP contribution in [0.25, 0.3) is 112 Å². The fourth-order valence-corrected chi connectivity index (χ4v) is 8.06. The van der Waals surface area contributed by atoms with E-state index in [-0.39, 0.29) is 0 Å². The number of furan rings is 1. The van der Waals surface area contributed by atoms with Crippen LogP contribution in [0.5, 0.6) is 0 Å². The van der Waals surface area contributed by atoms with Gasteiger partial charge in [-0.15, -0.1) is 0 Å². The molecule has 0 radical (unpaired) electrons. The van der Waals surface area contributed by atoms with Gasteiger partial charge in [0.25, 0.3) is 0 Å². The van der Waals surface area contributed by atoms with Crippen LogP contribution in [0.1, 0.15) is 0 Å². The summed E-state index contributed by atoms with van der Waals surface area (Å²) < 4.78 is 6.59. The Morgan fingerprint density at radius 2 is 0.689 bits per heavy atom. The van der Waals surface area contributed by atoms with Crippen molar-refractivity contribution in [3.8, 4) is 90.1 Å². The molecule has 3 aromatic heterocycles. The third-order valence-corrected chi connectivity index (χ3v) is 11.1. The van der Waals surface area contributed by atoms with Crippen LogP contribution in [0.2, 0.25) is 0 Å². The van der Waals surface area contributed by atoms with E-state index in [4.69, 9.17) is 24.4 Å². The molecule has 5 nitrogen and oxygen atoms in total. The number of fused-ring (bicyclic) bond motifs is 3. The number of benzene rings is 8. The molecule has 3 heterocycles. The summed E-state index contributed by atoms with van der Waals surface area (Å²) >= 11 is 0. The van der Waals surface area contributed by atoms with E-state index in [2.05, 4.69) is 133 Å². The summed E-state index contributed by atoms with van der Waals surface area (Å²) in [7, 11) is 0. The summed E-state index contributed by atoms with van der Waals surface area (Å²) in [5.41, 5.74) is 15.5. The van der Waals surface area contributed by atoms with Crippen molar-refractivity contribution in [3.63, 3.8) is 0 Å². The highest BCUT2D eigenvalue weighted by atomic mass is 16.3. The molecule has 0 aliphatic carbocycles. The van der Waals surface area contributed by atoms with Crippen molar-refractivity contribution in [2.75, 3.05) is 0 Å². The highest BCUT2D eigenvalue weighted by Crippen LogP contribution is 2.41. The van der Waals surface area contributed by atoms with Gasteiger partial charge in [-0.3, -0.25) is 0 Å². The van der Waals surface area contributed by atoms with Crippen molar-refractivity contribution in [1.82, 2.24) is 19.9 Å². The Hall–Kier alpha value is -8.28. The maximum atomic E-state index is 6.59. The fraction of sp³-hybridized carbons (Fsp3) is 0. The first-order valence-electron chi connectivity index (χ1n) is 20.4. The number of hydrogen-bond donors (Lipinski definition) is 0. The van der Waals surface area contributed by atoms with Gasteiger partial charge in [-0.25, -0.2) is 19.9 Å². The molecular weight excluding hydrogens is 745 g/mol. The van der Waals surface area contributed by atoms with Gasteiger partial charge in [0.2, 0.25) is 0 Å². The maximum absolute atomic E-state index is 6.59. The second-order valence-electron chi connectivity index (χ2n) is 15.0. The van der Waals surface area contributed by atoms with Gasteiger partial charge in [-0.1, -0.05) is 182 Å². The normalized spacial score (nSPS) is 11.3. The van der Waals surface area contributed by atoms with Gasteiger partial charge in [0.15, 0.2) is 11.6 Å². The lowest BCUT2D eigenvalue weighted by atomic mass is 9.93. The highest BCUT2D eigenvalue weighted by molar-refractivity contribution is 6.13. The zero-order valence-corrected chi connectivity index (χ0v) is 33.0. The topological polar surface area (TPSA) is 64.7 Å². The van der Waals surface area contributed by atoms with Crippen LogP contribution in [-0.4, -0.2) is 19.9 Å². The monoisotopic (exact) mass is 780 g/mol. The van der Waals surface area contributed by atoms with Gasteiger partial charge < -0.3 is 4.42 Å². The number of aromatic nitrogens is 4. The number of para-hydroxylation sites is 1. The van der Waals surface area contributed by atoms with Gasteiger partial charge in [0, 0.05) is 44.2 Å². The fourth-order valence-electron chi connectivity index (χ4n) is 8.06. The number of nitrogens with zero attached hydrogens (tertiary/aromatic N) is 4. The molecule has 11 rings (SSSR count). The van der Waals surface area contributed by atoms with Gasteiger partial charge in [-0.05, 0) is 58.7 Å². The summed E-state index contributed by atoms with van der Waals surface area (Å²) in [6, 6.07) is 75.0. The van der Waals surface area contributed by atoms with Crippen LogP contribution in [0.15, 0.2) is 223 Å². The second kappa shape index (κ2) is 15.5. The summed E-state index contributed by atoms with van der Waals surface area (Å²) in [5.74, 6) is 1.38. The molecule has 5 heteroatoms. The minimum absolute atomic E-state index is 0.686. The molecule has 0 bridgehead atoms. The van der Waals surface area contributed by atoms with E-state index in [9.17, 15) is 0 Å². The molecule has 0 saturated carbocycles. The Kier molecular flexibility index (Phi) is 9.10. The Labute approximate surface area is 353 Å². The van der Waals surface area contributed by atoms with Crippen LogP contribution in [0.3, 0.4) is 0 Å². The van der Waals surface area contributed by atoms with Gasteiger partial charge in [0.05, 0.1) is 22.8 Å². The summed E-state index contributed by atoms with van der Waals surface area (Å²) in [6.45, 7) is 0. The van der Waals surface area contributed by atoms with Crippen molar-refractivity contribution in [2.24, 2.45) is 0 Å². The predicted molar refractivity (Wildman–Crippen MR) is 248 cm³/mol. The van der Waals surface area contributed by atoms with E-state index in [0.717, 1.165) is 100 Å². The van der Waals surface area contributed by atoms with Crippen molar-refractivity contribution in [2.45, 2.75) is 0 Å². The Morgan fingerprint density at radius 3 is 1.25 bits per heavy atom. The first-order chi connectivity index (χ1) is 30.2. The van der Waals surface area contributed by atoms with Crippen LogP contribution in [0, 0.1) is 0 Å². The minimum Gasteiger partial charge on any atom is -0.456 e. The highest BCUT2D eigenvalue weighted by Gasteiger charge is 2.18. The molecular formula is C56H36N4O. The molecule has 11 aromatic rings. The molecule has 0 aliphatic heterocycles. The maximum Gasteiger partial charge on any atom is 0.160 e. The van der Waals surface area contributed by atoms with Crippen molar-refractivity contribution < 1.29 is 4.42 Å². The average Bonchev–Trinajstić information content (AvgIpc) is 3.73. The van der Waals surface area contributed by atoms with E-state index in [1.54, 1.807) is 0 Å². The molecule has 286 valence electrons. The van der Waals surface area contributed by atoms with Crippen LogP contribution < -0.4 is 0 Å². The Morgan fingerprint density at radius 1 is 0.262 bits per heavy atom. The number of rotatable bonds is 8. The van der Waals surface area contributed by atoms with Crippen LogP contribution in [0.4, 0.5) is 0 Å². The molecule has 0 atom stereocenters. The van der Waals surface area contributed by atoms with E-state index >= 15 is 0 Å². The minimum atomic E-state index is 0.686. The van der Waals surface area contributed by atoms with E-state index in [1.807, 2.05) is 84.9 Å². The molecule has 0 aliphatic rings. The van der Waals surface area contributed by atoms with E-state index < -0.39 is 0 Å². The molecule has 0 N–H and O–H groups in total. The zero-order chi connectivity index (χ0) is 40.5. The number of hydrogen-bond acceptors (Lipinski definition) is 5. The quantitative estimate of drug-likeness (QED) is 0.154. The van der Waals surface area contributed by atoms with Gasteiger partial charge in [0.1, 0.15) is 11.2 Å². The van der Waals surface area contributed by atoms with E-state index in [1.165, 1.54) is 0 Å². The first-order valence-corrected chi connectivity index (χ1v) is 20.4. The third kappa shape index (κ3) is 7.04. The largest absolute Gasteiger partial charge is 0.456 e. The molecule has 0 unspecified atom stereocenters. The molecule has 61 heavy (non-hydrogen) atoms. The first kappa shape index (κ1) is 35.8. The lowest BCUT2D eigenvalue weighted by Crippen LogP contribution is -1.96. The van der Waals surface area contributed by atoms with Gasteiger partial charge >= 0.3 is 0 Å².